The molecule has 0 heterocycles. The van der Waals surface area contributed by atoms with Gasteiger partial charge in [0.05, 0.1) is 28.2 Å². The lowest BCUT2D eigenvalue weighted by molar-refractivity contribution is -0.384. The highest BCUT2D eigenvalue weighted by Crippen LogP contribution is 2.29. The second-order valence-corrected chi connectivity index (χ2v) is 7.66. The van der Waals surface area contributed by atoms with Crippen LogP contribution < -0.4 is 4.72 Å². The van der Waals surface area contributed by atoms with Gasteiger partial charge in [0.15, 0.2) is 0 Å². The van der Waals surface area contributed by atoms with Crippen molar-refractivity contribution < 1.29 is 22.9 Å². The molecule has 8 nitrogen and oxygen atoms in total. The van der Waals surface area contributed by atoms with Crippen LogP contribution in [0.25, 0.3) is 0 Å². The van der Waals surface area contributed by atoms with E-state index in [1.165, 1.54) is 18.2 Å². The van der Waals surface area contributed by atoms with Crippen molar-refractivity contribution in [2.75, 3.05) is 11.8 Å². The summed E-state index contributed by atoms with van der Waals surface area (Å²) < 4.78 is 32.4. The van der Waals surface area contributed by atoms with Gasteiger partial charge in [0.1, 0.15) is 5.02 Å². The van der Waals surface area contributed by atoms with E-state index in [9.17, 15) is 23.3 Å². The Morgan fingerprint density at radius 1 is 1.28 bits per heavy atom. The number of nitro groups is 1. The third-order valence-electron chi connectivity index (χ3n) is 3.06. The largest absolute Gasteiger partial charge is 0.465 e. The van der Waals surface area contributed by atoms with E-state index in [4.69, 9.17) is 11.6 Å². The normalized spacial score (nSPS) is 11.0. The molecule has 0 aliphatic carbocycles. The standard InChI is InChI=1S/C14H10BrClN2O6S/c1-24-14(19)10-6-8(15)2-5-12(10)17-25(22,23)9-3-4-11(16)13(7-9)18(20)21/h2-7,17H,1H3. The maximum absolute atomic E-state index is 12.5. The van der Waals surface area contributed by atoms with E-state index in [1.807, 2.05) is 0 Å². The van der Waals surface area contributed by atoms with Crippen LogP contribution in [-0.2, 0) is 14.8 Å². The summed E-state index contributed by atoms with van der Waals surface area (Å²) in [5, 5.41) is 10.7. The Bertz CT molecular complexity index is 964. The summed E-state index contributed by atoms with van der Waals surface area (Å²) in [6.45, 7) is 0. The molecule has 0 spiro atoms. The predicted molar refractivity (Wildman–Crippen MR) is 94.4 cm³/mol. The van der Waals surface area contributed by atoms with E-state index in [0.717, 1.165) is 25.3 Å². The Kier molecular flexibility index (Phi) is 5.65. The van der Waals surface area contributed by atoms with Gasteiger partial charge in [-0.1, -0.05) is 27.5 Å². The molecule has 0 amide bonds. The number of sulfonamides is 1. The molecule has 0 radical (unpaired) electrons. The molecular weight excluding hydrogens is 440 g/mol. The number of hydrogen-bond acceptors (Lipinski definition) is 6. The zero-order chi connectivity index (χ0) is 18.8. The van der Waals surface area contributed by atoms with Gasteiger partial charge < -0.3 is 4.74 Å². The molecular formula is C14H10BrClN2O6S. The average Bonchev–Trinajstić information content (AvgIpc) is 2.55. The minimum Gasteiger partial charge on any atom is -0.465 e. The molecule has 2 aromatic rings. The molecule has 0 aliphatic rings. The van der Waals surface area contributed by atoms with Gasteiger partial charge in [0.2, 0.25) is 0 Å². The van der Waals surface area contributed by atoms with E-state index in [0.29, 0.717) is 4.47 Å². The lowest BCUT2D eigenvalue weighted by atomic mass is 10.2. The molecule has 2 aromatic carbocycles. The Balaban J connectivity index is 2.48. The first-order chi connectivity index (χ1) is 11.7. The summed E-state index contributed by atoms with van der Waals surface area (Å²) in [7, 11) is -3.04. The minimum absolute atomic E-state index is 0.0242. The Hall–Kier alpha value is -2.17. The lowest BCUT2D eigenvalue weighted by Gasteiger charge is -2.12. The molecule has 2 rings (SSSR count). The minimum atomic E-state index is -4.20. The molecule has 11 heteroatoms. The van der Waals surface area contributed by atoms with Gasteiger partial charge in [-0.2, -0.15) is 0 Å². The number of nitrogens with zero attached hydrogens (tertiary/aromatic N) is 1. The van der Waals surface area contributed by atoms with Gasteiger partial charge in [0.25, 0.3) is 15.7 Å². The fourth-order valence-corrected chi connectivity index (χ4v) is 3.53. The molecule has 0 fully saturated rings. The van der Waals surface area contributed by atoms with Crippen LogP contribution in [0.3, 0.4) is 0 Å². The van der Waals surface area contributed by atoms with Gasteiger partial charge >= 0.3 is 5.97 Å². The van der Waals surface area contributed by atoms with Crippen molar-refractivity contribution in [1.29, 1.82) is 0 Å². The molecule has 0 aliphatic heterocycles. The number of carbonyl (C=O) groups excluding carboxylic acids is 1. The summed E-state index contributed by atoms with van der Waals surface area (Å²) in [5.41, 5.74) is -0.606. The predicted octanol–water partition coefficient (Wildman–Crippen LogP) is 3.60. The number of nitro benzene ring substituents is 1. The van der Waals surface area contributed by atoms with Crippen molar-refractivity contribution in [3.63, 3.8) is 0 Å². The highest BCUT2D eigenvalue weighted by atomic mass is 79.9. The first kappa shape index (κ1) is 19.2. The summed E-state index contributed by atoms with van der Waals surface area (Å²) in [5.74, 6) is -0.749. The second-order valence-electron chi connectivity index (χ2n) is 4.66. The molecule has 0 unspecified atom stereocenters. The van der Waals surface area contributed by atoms with E-state index in [-0.39, 0.29) is 21.2 Å². The number of nitrogens with one attached hydrogen (secondary N) is 1. The van der Waals surface area contributed by atoms with Crippen molar-refractivity contribution in [3.8, 4) is 0 Å². The van der Waals surface area contributed by atoms with Crippen LogP contribution in [0.15, 0.2) is 45.8 Å². The lowest BCUT2D eigenvalue weighted by Crippen LogP contribution is -2.16. The number of halogens is 2. The van der Waals surface area contributed by atoms with Crippen LogP contribution in [0.1, 0.15) is 10.4 Å². The highest BCUT2D eigenvalue weighted by molar-refractivity contribution is 9.10. The smallest absolute Gasteiger partial charge is 0.340 e. The van der Waals surface area contributed by atoms with Crippen molar-refractivity contribution in [3.05, 3.63) is 61.6 Å². The van der Waals surface area contributed by atoms with Gasteiger partial charge in [0, 0.05) is 10.5 Å². The van der Waals surface area contributed by atoms with Crippen LogP contribution in [0.4, 0.5) is 11.4 Å². The van der Waals surface area contributed by atoms with Crippen molar-refractivity contribution in [2.45, 2.75) is 4.90 Å². The maximum atomic E-state index is 12.5. The average molecular weight is 450 g/mol. The Labute approximate surface area is 156 Å². The first-order valence-electron chi connectivity index (χ1n) is 6.50. The Morgan fingerprint density at radius 3 is 2.56 bits per heavy atom. The van der Waals surface area contributed by atoms with Crippen LogP contribution in [0, 0.1) is 10.1 Å². The number of esters is 1. The van der Waals surface area contributed by atoms with E-state index >= 15 is 0 Å². The monoisotopic (exact) mass is 448 g/mol. The van der Waals surface area contributed by atoms with Gasteiger partial charge in [-0.3, -0.25) is 14.8 Å². The highest BCUT2D eigenvalue weighted by Gasteiger charge is 2.23. The molecule has 0 aromatic heterocycles. The van der Waals surface area contributed by atoms with Crippen molar-refractivity contribution >= 4 is 54.9 Å². The number of benzene rings is 2. The van der Waals surface area contributed by atoms with Gasteiger partial charge in [-0.05, 0) is 30.3 Å². The van der Waals surface area contributed by atoms with E-state index < -0.39 is 26.6 Å². The topological polar surface area (TPSA) is 116 Å². The fourth-order valence-electron chi connectivity index (χ4n) is 1.89. The molecule has 25 heavy (non-hydrogen) atoms. The Morgan fingerprint density at radius 2 is 1.96 bits per heavy atom. The zero-order valence-corrected chi connectivity index (χ0v) is 15.7. The number of rotatable bonds is 5. The molecule has 0 atom stereocenters. The molecule has 0 bridgehead atoms. The zero-order valence-electron chi connectivity index (χ0n) is 12.5. The van der Waals surface area contributed by atoms with Gasteiger partial charge in [-0.25, -0.2) is 13.2 Å². The molecule has 132 valence electrons. The maximum Gasteiger partial charge on any atom is 0.340 e. The fraction of sp³-hybridized carbons (Fsp3) is 0.0714. The van der Waals surface area contributed by atoms with E-state index in [2.05, 4.69) is 25.4 Å². The summed E-state index contributed by atoms with van der Waals surface area (Å²) in [6.07, 6.45) is 0. The number of ether oxygens (including phenoxy) is 1. The third-order valence-corrected chi connectivity index (χ3v) is 5.23. The number of carbonyl (C=O) groups is 1. The number of methoxy groups -OCH3 is 1. The summed E-state index contributed by atoms with van der Waals surface area (Å²) >= 11 is 8.86. The third kappa shape index (κ3) is 4.27. The second kappa shape index (κ2) is 7.38. The summed E-state index contributed by atoms with van der Waals surface area (Å²) in [6, 6.07) is 7.33. The van der Waals surface area contributed by atoms with Crippen LogP contribution >= 0.6 is 27.5 Å². The molecule has 0 saturated heterocycles. The first-order valence-corrected chi connectivity index (χ1v) is 9.15. The van der Waals surface area contributed by atoms with Gasteiger partial charge in [-0.15, -0.1) is 0 Å². The van der Waals surface area contributed by atoms with Crippen molar-refractivity contribution in [1.82, 2.24) is 0 Å². The number of hydrogen-bond donors (Lipinski definition) is 1. The molecule has 0 saturated carbocycles. The molecule has 1 N–H and O–H groups in total. The SMILES string of the molecule is COC(=O)c1cc(Br)ccc1NS(=O)(=O)c1ccc(Cl)c([N+](=O)[O-])c1. The van der Waals surface area contributed by atoms with Crippen molar-refractivity contribution in [2.24, 2.45) is 0 Å². The van der Waals surface area contributed by atoms with Crippen LogP contribution in [-0.4, -0.2) is 26.4 Å². The van der Waals surface area contributed by atoms with E-state index in [1.54, 1.807) is 0 Å². The summed E-state index contributed by atoms with van der Waals surface area (Å²) in [4.78, 5) is 21.6. The quantitative estimate of drug-likeness (QED) is 0.423. The van der Waals surface area contributed by atoms with Crippen LogP contribution in [0.5, 0.6) is 0 Å². The number of anilines is 1. The van der Waals surface area contributed by atoms with Crippen LogP contribution in [0.2, 0.25) is 5.02 Å².